The van der Waals surface area contributed by atoms with Crippen LogP contribution in [0.4, 0.5) is 15.8 Å². The summed E-state index contributed by atoms with van der Waals surface area (Å²) >= 11 is 13.3. The van der Waals surface area contributed by atoms with Crippen LogP contribution in [0.2, 0.25) is 0 Å². The van der Waals surface area contributed by atoms with Gasteiger partial charge in [0.2, 0.25) is 0 Å². The molecule has 1 fully saturated rings. The van der Waals surface area contributed by atoms with Crippen molar-refractivity contribution in [2.45, 2.75) is 26.9 Å². The number of nitrogen functional groups attached to an aromatic ring is 1. The molecule has 1 saturated heterocycles. The molecule has 0 amide bonds. The number of aromatic nitrogens is 5. The maximum absolute atomic E-state index is 12.9. The summed E-state index contributed by atoms with van der Waals surface area (Å²) in [4.78, 5) is 15.1. The Kier molecular flexibility index (Phi) is 11.8. The molecule has 6 heterocycles. The topological polar surface area (TPSA) is 76.7 Å². The third-order valence-electron chi connectivity index (χ3n) is 8.11. The molecule has 0 bridgehead atoms. The van der Waals surface area contributed by atoms with E-state index in [1.165, 1.54) is 16.7 Å². The van der Waals surface area contributed by atoms with Gasteiger partial charge in [0.15, 0.2) is 0 Å². The average Bonchev–Trinajstić information content (AvgIpc) is 3.62. The molecular weight excluding hydrogens is 905 g/mol. The Morgan fingerprint density at radius 3 is 1.73 bits per heavy atom. The number of nitrogens with zero attached hydrogens (tertiary/aromatic N) is 6. The minimum Gasteiger partial charge on any atom is -0.398 e. The second kappa shape index (κ2) is 16.2. The standard InChI is InChI=1S/C15H14FN3.C12H9BrN2.C7H8BrN.C5H3Br2N/c1-10-2-3-13-14(6-10)19-5-4-12(7-15(19)17-13)18-8-11(16)9-18;1-8-2-3-10-11(6-8)15-5-4-9(13)7-12(15)14-10;1-5-2-3-7(9)6(8)4-5;6-4-1-2-8-5(7)3-4/h2-7,11H,8-9H2,1H3;2-7H,1H3;2-4H,9H2,1H3;1-3H. The minimum atomic E-state index is -0.683. The number of pyridine rings is 3. The first-order valence-electron chi connectivity index (χ1n) is 16.0. The van der Waals surface area contributed by atoms with Crippen LogP contribution < -0.4 is 10.6 Å². The highest BCUT2D eigenvalue weighted by atomic mass is 79.9. The second-order valence-electron chi connectivity index (χ2n) is 12.2. The molecule has 0 saturated carbocycles. The van der Waals surface area contributed by atoms with E-state index in [0.717, 1.165) is 62.8 Å². The average molecular weight is 939 g/mol. The van der Waals surface area contributed by atoms with E-state index in [1.807, 2.05) is 84.9 Å². The zero-order chi connectivity index (χ0) is 36.2. The number of hydrogen-bond donors (Lipinski definition) is 1. The quantitative estimate of drug-likeness (QED) is 0.131. The summed E-state index contributed by atoms with van der Waals surface area (Å²) in [5.74, 6) is 0. The predicted molar refractivity (Wildman–Crippen MR) is 223 cm³/mol. The SMILES string of the molecule is Brc1ccnc(Br)c1.Cc1ccc(N)c(Br)c1.Cc1ccc2nc3cc(Br)ccn3c2c1.Cc1ccc2nc3cc(N4CC(F)C4)ccn3c2c1. The molecule has 0 spiro atoms. The van der Waals surface area contributed by atoms with Crippen LogP contribution in [-0.4, -0.2) is 43.0 Å². The summed E-state index contributed by atoms with van der Waals surface area (Å²) in [5.41, 5.74) is 17.3. The van der Waals surface area contributed by atoms with Crippen molar-refractivity contribution < 1.29 is 4.39 Å². The van der Waals surface area contributed by atoms with Gasteiger partial charge in [-0.25, -0.2) is 19.3 Å². The fourth-order valence-electron chi connectivity index (χ4n) is 5.45. The molecule has 5 aromatic heterocycles. The first-order chi connectivity index (χ1) is 24.4. The van der Waals surface area contributed by atoms with Gasteiger partial charge in [-0.2, -0.15) is 0 Å². The number of nitrogens with two attached hydrogens (primary N) is 1. The van der Waals surface area contributed by atoms with Crippen molar-refractivity contribution in [2.75, 3.05) is 23.7 Å². The second-order valence-corrected chi connectivity index (χ2v) is 15.7. The molecule has 1 aliphatic heterocycles. The Hall–Kier alpha value is -3.84. The first-order valence-corrected chi connectivity index (χ1v) is 19.2. The summed E-state index contributed by atoms with van der Waals surface area (Å²) in [7, 11) is 0. The number of halogens is 5. The van der Waals surface area contributed by atoms with Gasteiger partial charge < -0.3 is 10.6 Å². The number of aryl methyl sites for hydroxylation is 3. The summed E-state index contributed by atoms with van der Waals surface area (Å²) in [6.07, 6.45) is 5.10. The van der Waals surface area contributed by atoms with E-state index >= 15 is 0 Å². The zero-order valence-electron chi connectivity index (χ0n) is 28.0. The van der Waals surface area contributed by atoms with Gasteiger partial charge in [-0.3, -0.25) is 8.80 Å². The van der Waals surface area contributed by atoms with Gasteiger partial charge >= 0.3 is 0 Å². The largest absolute Gasteiger partial charge is 0.398 e. The Labute approximate surface area is 329 Å². The smallest absolute Gasteiger partial charge is 0.139 e. The van der Waals surface area contributed by atoms with Crippen molar-refractivity contribution in [1.82, 2.24) is 23.8 Å². The van der Waals surface area contributed by atoms with Crippen LogP contribution in [0.3, 0.4) is 0 Å². The van der Waals surface area contributed by atoms with E-state index in [-0.39, 0.29) is 0 Å². The van der Waals surface area contributed by atoms with Crippen LogP contribution in [0.25, 0.3) is 33.4 Å². The Bertz CT molecular complexity index is 2460. The number of benzene rings is 3. The van der Waals surface area contributed by atoms with Gasteiger partial charge in [-0.05, 0) is 136 Å². The van der Waals surface area contributed by atoms with Crippen LogP contribution in [0, 0.1) is 20.8 Å². The van der Waals surface area contributed by atoms with Crippen LogP contribution in [0.1, 0.15) is 16.7 Å². The summed E-state index contributed by atoms with van der Waals surface area (Å²) < 4.78 is 21.0. The molecule has 0 radical (unpaired) electrons. The lowest BCUT2D eigenvalue weighted by atomic mass is 10.1. The normalized spacial score (nSPS) is 12.5. The molecule has 0 aliphatic carbocycles. The number of anilines is 2. The van der Waals surface area contributed by atoms with Gasteiger partial charge in [0.25, 0.3) is 0 Å². The van der Waals surface area contributed by atoms with Crippen molar-refractivity contribution in [1.29, 1.82) is 0 Å². The van der Waals surface area contributed by atoms with Crippen molar-refractivity contribution in [3.8, 4) is 0 Å². The van der Waals surface area contributed by atoms with Gasteiger partial charge in [0, 0.05) is 49.4 Å². The van der Waals surface area contributed by atoms with Gasteiger partial charge in [0.1, 0.15) is 22.1 Å². The number of hydrogen-bond acceptors (Lipinski definition) is 5. The fourth-order valence-corrected chi connectivity index (χ4v) is 7.28. The van der Waals surface area contributed by atoms with E-state index in [1.54, 1.807) is 6.20 Å². The van der Waals surface area contributed by atoms with E-state index in [2.05, 4.69) is 132 Å². The Morgan fingerprint density at radius 1 is 0.647 bits per heavy atom. The van der Waals surface area contributed by atoms with Crippen molar-refractivity contribution >= 4 is 108 Å². The molecule has 1 aliphatic rings. The number of fused-ring (bicyclic) bond motifs is 6. The molecule has 12 heteroatoms. The zero-order valence-corrected chi connectivity index (χ0v) is 34.4. The Morgan fingerprint density at radius 2 is 1.20 bits per heavy atom. The molecule has 0 atom stereocenters. The molecule has 8 aromatic rings. The summed E-state index contributed by atoms with van der Waals surface area (Å²) in [5, 5.41) is 0. The number of alkyl halides is 1. The summed E-state index contributed by atoms with van der Waals surface area (Å²) in [6, 6.07) is 30.3. The highest BCUT2D eigenvalue weighted by molar-refractivity contribution is 9.11. The molecule has 260 valence electrons. The van der Waals surface area contributed by atoms with Crippen LogP contribution >= 0.6 is 63.7 Å². The predicted octanol–water partition coefficient (Wildman–Crippen LogP) is 11.5. The molecular formula is C39H34Br4FN7. The first kappa shape index (κ1) is 36.9. The van der Waals surface area contributed by atoms with Crippen LogP contribution in [0.5, 0.6) is 0 Å². The third kappa shape index (κ3) is 9.15. The third-order valence-corrected chi connectivity index (χ3v) is 10.2. The lowest BCUT2D eigenvalue weighted by molar-refractivity contribution is 0.275. The summed E-state index contributed by atoms with van der Waals surface area (Å²) in [6.45, 7) is 7.20. The monoisotopic (exact) mass is 935 g/mol. The minimum absolute atomic E-state index is 0.496. The van der Waals surface area contributed by atoms with Gasteiger partial charge in [-0.15, -0.1) is 0 Å². The van der Waals surface area contributed by atoms with Crippen LogP contribution in [-0.2, 0) is 0 Å². The number of rotatable bonds is 1. The number of imidazole rings is 2. The fraction of sp³-hybridized carbons (Fsp3) is 0.154. The molecule has 3 aromatic carbocycles. The lowest BCUT2D eigenvalue weighted by Crippen LogP contribution is -2.48. The van der Waals surface area contributed by atoms with Gasteiger partial charge in [-0.1, -0.05) is 50.1 Å². The molecule has 2 N–H and O–H groups in total. The highest BCUT2D eigenvalue weighted by Crippen LogP contribution is 2.26. The van der Waals surface area contributed by atoms with E-state index in [4.69, 9.17) is 5.73 Å². The van der Waals surface area contributed by atoms with Crippen LogP contribution in [0.15, 0.2) is 128 Å². The maximum atomic E-state index is 12.9. The molecule has 51 heavy (non-hydrogen) atoms. The van der Waals surface area contributed by atoms with Crippen molar-refractivity contribution in [2.24, 2.45) is 0 Å². The van der Waals surface area contributed by atoms with E-state index in [0.29, 0.717) is 13.1 Å². The lowest BCUT2D eigenvalue weighted by Gasteiger charge is -2.36. The van der Waals surface area contributed by atoms with E-state index in [9.17, 15) is 4.39 Å². The molecule has 0 unspecified atom stereocenters. The van der Waals surface area contributed by atoms with E-state index < -0.39 is 6.17 Å². The van der Waals surface area contributed by atoms with Crippen molar-refractivity contribution in [3.63, 3.8) is 0 Å². The van der Waals surface area contributed by atoms with Gasteiger partial charge in [0.05, 0.1) is 35.2 Å². The maximum Gasteiger partial charge on any atom is 0.139 e. The molecule has 7 nitrogen and oxygen atoms in total. The Balaban J connectivity index is 0.000000125. The molecule has 9 rings (SSSR count). The van der Waals surface area contributed by atoms with Crippen molar-refractivity contribution in [3.05, 3.63) is 144 Å². The highest BCUT2D eigenvalue weighted by Gasteiger charge is 2.26.